The number of ether oxygens (including phenoxy) is 1. The molecule has 2 rings (SSSR count). The number of rotatable bonds is 3. The summed E-state index contributed by atoms with van der Waals surface area (Å²) in [6.07, 6.45) is 1.56. The van der Waals surface area contributed by atoms with Crippen molar-refractivity contribution in [3.8, 4) is 0 Å². The van der Waals surface area contributed by atoms with Crippen LogP contribution >= 0.6 is 0 Å². The number of fused-ring (bicyclic) bond motifs is 1. The Morgan fingerprint density at radius 1 is 1.65 bits per heavy atom. The highest BCUT2D eigenvalue weighted by Crippen LogP contribution is 2.26. The predicted molar refractivity (Wildman–Crippen MR) is 62.4 cm³/mol. The van der Waals surface area contributed by atoms with Crippen LogP contribution in [0.2, 0.25) is 0 Å². The van der Waals surface area contributed by atoms with Gasteiger partial charge in [0, 0.05) is 0 Å². The van der Waals surface area contributed by atoms with Crippen LogP contribution in [0.4, 0.5) is 5.69 Å². The van der Waals surface area contributed by atoms with E-state index in [2.05, 4.69) is 20.6 Å². The molecule has 0 spiro atoms. The molecule has 4 N–H and O–H groups in total. The highest BCUT2D eigenvalue weighted by molar-refractivity contribution is 6.05. The van der Waals surface area contributed by atoms with E-state index in [9.17, 15) is 4.79 Å². The number of nitrogens with one attached hydrogen (secondary N) is 2. The maximum absolute atomic E-state index is 11.8. The summed E-state index contributed by atoms with van der Waals surface area (Å²) < 4.78 is 4.97. The molecule has 0 amide bonds. The molecule has 0 aliphatic rings. The molecule has 0 aromatic carbocycles. The molecule has 0 atom stereocenters. The number of nitrogens with two attached hydrogens (primary N) is 1. The van der Waals surface area contributed by atoms with Gasteiger partial charge in [0.1, 0.15) is 5.56 Å². The molecule has 0 saturated heterocycles. The van der Waals surface area contributed by atoms with E-state index in [0.717, 1.165) is 0 Å². The van der Waals surface area contributed by atoms with Gasteiger partial charge >= 0.3 is 5.97 Å². The second-order valence-corrected chi connectivity index (χ2v) is 3.44. The van der Waals surface area contributed by atoms with Crippen LogP contribution in [0.15, 0.2) is 6.20 Å². The summed E-state index contributed by atoms with van der Waals surface area (Å²) in [6.45, 7) is 3.76. The number of nitrogens with zero attached hydrogens (tertiary/aromatic N) is 2. The van der Waals surface area contributed by atoms with Crippen molar-refractivity contribution < 1.29 is 9.53 Å². The molecule has 0 aliphatic heterocycles. The van der Waals surface area contributed by atoms with Crippen LogP contribution in [0, 0.1) is 6.92 Å². The van der Waals surface area contributed by atoms with Crippen LogP contribution in [0.25, 0.3) is 11.0 Å². The maximum Gasteiger partial charge on any atom is 0.342 e. The zero-order chi connectivity index (χ0) is 12.4. The fraction of sp³-hybridized carbons (Fsp3) is 0.300. The molecule has 2 aromatic rings. The van der Waals surface area contributed by atoms with Gasteiger partial charge in [0.2, 0.25) is 0 Å². The third-order valence-electron chi connectivity index (χ3n) is 2.40. The Kier molecular flexibility index (Phi) is 2.92. The van der Waals surface area contributed by atoms with Crippen molar-refractivity contribution >= 4 is 22.7 Å². The van der Waals surface area contributed by atoms with E-state index in [1.54, 1.807) is 20.0 Å². The number of aromatic nitrogens is 3. The Hall–Kier alpha value is -2.15. The summed E-state index contributed by atoms with van der Waals surface area (Å²) in [5.41, 5.74) is 4.42. The molecule has 0 fully saturated rings. The van der Waals surface area contributed by atoms with Crippen LogP contribution < -0.4 is 11.3 Å². The average Bonchev–Trinajstić information content (AvgIpc) is 2.74. The van der Waals surface area contributed by atoms with Gasteiger partial charge in [-0.1, -0.05) is 0 Å². The normalized spacial score (nSPS) is 10.5. The van der Waals surface area contributed by atoms with Crippen molar-refractivity contribution in [2.75, 3.05) is 12.0 Å². The highest BCUT2D eigenvalue weighted by Gasteiger charge is 2.20. The van der Waals surface area contributed by atoms with Crippen LogP contribution in [-0.2, 0) is 4.74 Å². The Bertz CT molecular complexity index is 563. The molecule has 0 saturated carbocycles. The first-order valence-electron chi connectivity index (χ1n) is 5.16. The fourth-order valence-corrected chi connectivity index (χ4v) is 1.69. The predicted octanol–water partition coefficient (Wildman–Crippen LogP) is 0.729. The first-order chi connectivity index (χ1) is 8.19. The summed E-state index contributed by atoms with van der Waals surface area (Å²) in [4.78, 5) is 16.1. The Morgan fingerprint density at radius 2 is 2.41 bits per heavy atom. The molecule has 17 heavy (non-hydrogen) atoms. The summed E-state index contributed by atoms with van der Waals surface area (Å²) >= 11 is 0. The lowest BCUT2D eigenvalue weighted by atomic mass is 10.1. The minimum Gasteiger partial charge on any atom is -0.462 e. The quantitative estimate of drug-likeness (QED) is 0.411. The van der Waals surface area contributed by atoms with Gasteiger partial charge in [0.05, 0.1) is 29.6 Å². The Morgan fingerprint density at radius 3 is 3.06 bits per heavy atom. The maximum atomic E-state index is 11.8. The largest absolute Gasteiger partial charge is 0.462 e. The molecule has 7 heteroatoms. The lowest BCUT2D eigenvalue weighted by Gasteiger charge is -2.11. The number of aromatic amines is 1. The van der Waals surface area contributed by atoms with Gasteiger partial charge < -0.3 is 10.2 Å². The van der Waals surface area contributed by atoms with Crippen molar-refractivity contribution in [3.63, 3.8) is 0 Å². The number of hydrazine groups is 1. The molecular formula is C10H13N5O2. The second-order valence-electron chi connectivity index (χ2n) is 3.44. The van der Waals surface area contributed by atoms with E-state index in [0.29, 0.717) is 34.6 Å². The van der Waals surface area contributed by atoms with Crippen molar-refractivity contribution in [2.45, 2.75) is 13.8 Å². The van der Waals surface area contributed by atoms with Gasteiger partial charge in [0.25, 0.3) is 0 Å². The number of esters is 1. The lowest BCUT2D eigenvalue weighted by Crippen LogP contribution is -2.16. The van der Waals surface area contributed by atoms with E-state index in [4.69, 9.17) is 10.6 Å². The second kappa shape index (κ2) is 4.38. The summed E-state index contributed by atoms with van der Waals surface area (Å²) in [5.74, 6) is 5.00. The SMILES string of the molecule is CCOC(=O)c1c(C)nc2[nH]ncc2c1NN. The van der Waals surface area contributed by atoms with E-state index in [1.165, 1.54) is 0 Å². The van der Waals surface area contributed by atoms with Crippen LogP contribution in [0.3, 0.4) is 0 Å². The van der Waals surface area contributed by atoms with E-state index in [1.807, 2.05) is 0 Å². The highest BCUT2D eigenvalue weighted by atomic mass is 16.5. The third kappa shape index (κ3) is 1.80. The molecule has 7 nitrogen and oxygen atoms in total. The Labute approximate surface area is 97.3 Å². The number of H-pyrrole nitrogens is 1. The first kappa shape index (κ1) is 11.3. The van der Waals surface area contributed by atoms with E-state index < -0.39 is 5.97 Å². The monoisotopic (exact) mass is 235 g/mol. The smallest absolute Gasteiger partial charge is 0.342 e. The number of anilines is 1. The van der Waals surface area contributed by atoms with Gasteiger partial charge in [-0.15, -0.1) is 0 Å². The third-order valence-corrected chi connectivity index (χ3v) is 2.40. The van der Waals surface area contributed by atoms with Crippen LogP contribution in [-0.4, -0.2) is 27.8 Å². The molecule has 2 aromatic heterocycles. The van der Waals surface area contributed by atoms with E-state index >= 15 is 0 Å². The van der Waals surface area contributed by atoms with Crippen molar-refractivity contribution in [2.24, 2.45) is 5.84 Å². The molecule has 0 aliphatic carbocycles. The molecule has 0 radical (unpaired) electrons. The van der Waals surface area contributed by atoms with Gasteiger partial charge in [-0.05, 0) is 13.8 Å². The van der Waals surface area contributed by atoms with Gasteiger partial charge in [-0.3, -0.25) is 10.9 Å². The molecule has 2 heterocycles. The number of carbonyl (C=O) groups is 1. The number of pyridine rings is 1. The van der Waals surface area contributed by atoms with Crippen LogP contribution in [0.5, 0.6) is 0 Å². The lowest BCUT2D eigenvalue weighted by molar-refractivity contribution is 0.0526. The topological polar surface area (TPSA) is 106 Å². The summed E-state index contributed by atoms with van der Waals surface area (Å²) in [6, 6.07) is 0. The number of hydrogen-bond donors (Lipinski definition) is 3. The zero-order valence-corrected chi connectivity index (χ0v) is 9.57. The van der Waals surface area contributed by atoms with Crippen molar-refractivity contribution in [1.29, 1.82) is 0 Å². The summed E-state index contributed by atoms with van der Waals surface area (Å²) in [7, 11) is 0. The number of aryl methyl sites for hydroxylation is 1. The van der Waals surface area contributed by atoms with E-state index in [-0.39, 0.29) is 0 Å². The molecule has 0 unspecified atom stereocenters. The molecule has 90 valence electrons. The number of hydrogen-bond acceptors (Lipinski definition) is 6. The molecule has 0 bridgehead atoms. The number of carbonyl (C=O) groups excluding carboxylic acids is 1. The Balaban J connectivity index is 2.67. The zero-order valence-electron chi connectivity index (χ0n) is 9.57. The minimum atomic E-state index is -0.450. The average molecular weight is 235 g/mol. The standard InChI is InChI=1S/C10H13N5O2/c1-3-17-10(16)7-5(2)13-9-6(4-12-15-9)8(7)14-11/h4H,3,11H2,1-2H3,(H2,12,13,14,15). The first-order valence-corrected chi connectivity index (χ1v) is 5.16. The summed E-state index contributed by atoms with van der Waals surface area (Å²) in [5, 5.41) is 7.24. The fourth-order valence-electron chi connectivity index (χ4n) is 1.69. The van der Waals surface area contributed by atoms with Crippen molar-refractivity contribution in [3.05, 3.63) is 17.5 Å². The van der Waals surface area contributed by atoms with Crippen LogP contribution in [0.1, 0.15) is 23.0 Å². The van der Waals surface area contributed by atoms with Gasteiger partial charge in [0.15, 0.2) is 5.65 Å². The van der Waals surface area contributed by atoms with Gasteiger partial charge in [-0.25, -0.2) is 9.78 Å². The molecular weight excluding hydrogens is 222 g/mol. The number of nitrogen functional groups attached to an aromatic ring is 1. The minimum absolute atomic E-state index is 0.297. The van der Waals surface area contributed by atoms with Gasteiger partial charge in [-0.2, -0.15) is 5.10 Å². The van der Waals surface area contributed by atoms with Crippen molar-refractivity contribution in [1.82, 2.24) is 15.2 Å².